The van der Waals surface area contributed by atoms with Crippen LogP contribution in [0.25, 0.3) is 4.96 Å². The van der Waals surface area contributed by atoms with Gasteiger partial charge in [-0.1, -0.05) is 17.4 Å². The lowest BCUT2D eigenvalue weighted by Crippen LogP contribution is -2.16. The van der Waals surface area contributed by atoms with Crippen molar-refractivity contribution in [2.75, 3.05) is 11.6 Å². The van der Waals surface area contributed by atoms with Gasteiger partial charge in [0.1, 0.15) is 5.01 Å². The van der Waals surface area contributed by atoms with Gasteiger partial charge >= 0.3 is 0 Å². The lowest BCUT2D eigenvalue weighted by atomic mass is 10.2. The monoisotopic (exact) mass is 364 g/mol. The number of aryl methyl sites for hydroxylation is 2. The van der Waals surface area contributed by atoms with Crippen molar-refractivity contribution in [2.45, 2.75) is 25.3 Å². The quantitative estimate of drug-likeness (QED) is 0.758. The van der Waals surface area contributed by atoms with Gasteiger partial charge in [-0.15, -0.1) is 0 Å². The number of anilines is 1. The molecule has 0 saturated heterocycles. The number of fused-ring (bicyclic) bond motifs is 1. The average molecular weight is 364 g/mol. The van der Waals surface area contributed by atoms with Crippen LogP contribution in [0.4, 0.5) is 5.69 Å². The molecular weight excluding hydrogens is 348 g/mol. The Hall–Kier alpha value is -2.26. The number of nitrogens with zero attached hydrogens (tertiary/aromatic N) is 3. The molecule has 24 heavy (non-hydrogen) atoms. The molecule has 0 atom stereocenters. The second-order valence-electron chi connectivity index (χ2n) is 5.50. The number of benzene rings is 1. The van der Waals surface area contributed by atoms with Crippen molar-refractivity contribution in [3.05, 3.63) is 50.9 Å². The third-order valence-electron chi connectivity index (χ3n) is 3.50. The van der Waals surface area contributed by atoms with Crippen molar-refractivity contribution in [2.24, 2.45) is 0 Å². The summed E-state index contributed by atoms with van der Waals surface area (Å²) in [5, 5.41) is 8.01. The molecule has 0 aliphatic heterocycles. The smallest absolute Gasteiger partial charge is 0.275 e. The fraction of sp³-hybridized carbons (Fsp3) is 0.267. The van der Waals surface area contributed by atoms with Crippen LogP contribution in [0.2, 0.25) is 0 Å². The predicted octanol–water partition coefficient (Wildman–Crippen LogP) is 1.78. The van der Waals surface area contributed by atoms with E-state index in [9.17, 15) is 13.2 Å². The second-order valence-corrected chi connectivity index (χ2v) is 8.68. The molecule has 0 spiro atoms. The van der Waals surface area contributed by atoms with Gasteiger partial charge in [0, 0.05) is 18.0 Å². The summed E-state index contributed by atoms with van der Waals surface area (Å²) in [6.45, 7) is 4.01. The van der Waals surface area contributed by atoms with E-state index in [0.29, 0.717) is 22.9 Å². The maximum Gasteiger partial charge on any atom is 0.275 e. The Morgan fingerprint density at radius 3 is 2.71 bits per heavy atom. The summed E-state index contributed by atoms with van der Waals surface area (Å²) in [5.74, 6) is 0. The zero-order valence-electron chi connectivity index (χ0n) is 13.4. The Morgan fingerprint density at radius 1 is 1.25 bits per heavy atom. The summed E-state index contributed by atoms with van der Waals surface area (Å²) < 4.78 is 24.6. The summed E-state index contributed by atoms with van der Waals surface area (Å²) in [6.07, 6.45) is 1.17. The Bertz CT molecular complexity index is 1080. The van der Waals surface area contributed by atoms with Crippen molar-refractivity contribution < 1.29 is 8.42 Å². The lowest BCUT2D eigenvalue weighted by molar-refractivity contribution is 0.602. The van der Waals surface area contributed by atoms with Crippen LogP contribution in [0, 0.1) is 13.8 Å². The van der Waals surface area contributed by atoms with E-state index < -0.39 is 9.84 Å². The third-order valence-corrected chi connectivity index (χ3v) is 5.43. The molecule has 0 amide bonds. The third kappa shape index (κ3) is 3.31. The van der Waals surface area contributed by atoms with E-state index in [1.807, 2.05) is 13.8 Å². The zero-order valence-corrected chi connectivity index (χ0v) is 15.0. The molecule has 0 saturated carbocycles. The molecule has 1 N–H and O–H groups in total. The van der Waals surface area contributed by atoms with Crippen LogP contribution in [-0.2, 0) is 16.4 Å². The summed E-state index contributed by atoms with van der Waals surface area (Å²) in [4.78, 5) is 17.2. The van der Waals surface area contributed by atoms with Gasteiger partial charge in [0.25, 0.3) is 5.56 Å². The summed E-state index contributed by atoms with van der Waals surface area (Å²) in [7, 11) is -3.27. The highest BCUT2D eigenvalue weighted by molar-refractivity contribution is 7.90. The fourth-order valence-corrected chi connectivity index (χ4v) is 3.66. The minimum atomic E-state index is -3.27. The first-order valence-electron chi connectivity index (χ1n) is 7.15. The zero-order chi connectivity index (χ0) is 17.5. The Labute approximate surface area is 142 Å². The van der Waals surface area contributed by atoms with Crippen molar-refractivity contribution in [3.8, 4) is 0 Å². The molecule has 3 rings (SSSR count). The van der Waals surface area contributed by atoms with E-state index in [0.717, 1.165) is 10.6 Å². The van der Waals surface area contributed by atoms with Crippen LogP contribution >= 0.6 is 11.3 Å². The molecule has 0 radical (unpaired) electrons. The first-order chi connectivity index (χ1) is 11.2. The number of aromatic nitrogens is 3. The van der Waals surface area contributed by atoms with Crippen molar-refractivity contribution in [3.63, 3.8) is 0 Å². The van der Waals surface area contributed by atoms with Crippen LogP contribution in [0.15, 0.2) is 34.0 Å². The minimum Gasteiger partial charge on any atom is -0.379 e. The van der Waals surface area contributed by atoms with Crippen LogP contribution in [0.5, 0.6) is 0 Å². The fourth-order valence-electron chi connectivity index (χ4n) is 2.25. The van der Waals surface area contributed by atoms with Gasteiger partial charge in [-0.05, 0) is 31.5 Å². The molecule has 7 nitrogen and oxygen atoms in total. The maximum absolute atomic E-state index is 12.0. The molecule has 0 fully saturated rings. The Morgan fingerprint density at radius 2 is 2.00 bits per heavy atom. The van der Waals surface area contributed by atoms with E-state index in [4.69, 9.17) is 0 Å². The van der Waals surface area contributed by atoms with Gasteiger partial charge in [-0.3, -0.25) is 4.79 Å². The van der Waals surface area contributed by atoms with Crippen molar-refractivity contribution >= 4 is 31.8 Å². The highest BCUT2D eigenvalue weighted by Crippen LogP contribution is 2.21. The van der Waals surface area contributed by atoms with Gasteiger partial charge in [0.05, 0.1) is 17.1 Å². The molecule has 3 aromatic rings. The number of nitrogens with one attached hydrogen (secondary N) is 1. The topological polar surface area (TPSA) is 93.4 Å². The predicted molar refractivity (Wildman–Crippen MR) is 93.5 cm³/mol. The second kappa shape index (κ2) is 5.99. The van der Waals surface area contributed by atoms with Crippen LogP contribution in [0.1, 0.15) is 16.3 Å². The van der Waals surface area contributed by atoms with E-state index in [-0.39, 0.29) is 10.5 Å². The van der Waals surface area contributed by atoms with Crippen molar-refractivity contribution in [1.29, 1.82) is 0 Å². The molecule has 0 aliphatic rings. The van der Waals surface area contributed by atoms with Gasteiger partial charge in [0.15, 0.2) is 9.84 Å². The summed E-state index contributed by atoms with van der Waals surface area (Å²) in [5.41, 5.74) is 1.95. The van der Waals surface area contributed by atoms with Gasteiger partial charge in [-0.2, -0.15) is 9.61 Å². The first-order valence-corrected chi connectivity index (χ1v) is 9.86. The highest BCUT2D eigenvalue weighted by Gasteiger charge is 2.10. The largest absolute Gasteiger partial charge is 0.379 e. The molecule has 9 heteroatoms. The molecule has 2 aromatic heterocycles. The molecule has 0 bridgehead atoms. The van der Waals surface area contributed by atoms with E-state index in [2.05, 4.69) is 15.4 Å². The summed E-state index contributed by atoms with van der Waals surface area (Å²) in [6, 6.07) is 6.34. The number of hydrogen-bond donors (Lipinski definition) is 1. The number of rotatable bonds is 4. The van der Waals surface area contributed by atoms with Crippen LogP contribution in [0.3, 0.4) is 0 Å². The average Bonchev–Trinajstić information content (AvgIpc) is 2.86. The molecule has 0 unspecified atom stereocenters. The van der Waals surface area contributed by atoms with Gasteiger partial charge in [-0.25, -0.2) is 13.4 Å². The number of sulfone groups is 1. The molecule has 2 heterocycles. The van der Waals surface area contributed by atoms with E-state index >= 15 is 0 Å². The van der Waals surface area contributed by atoms with E-state index in [1.165, 1.54) is 28.2 Å². The van der Waals surface area contributed by atoms with Crippen molar-refractivity contribution in [1.82, 2.24) is 14.6 Å². The SMILES string of the molecule is Cc1nn2c(=O)cc(CNc3cc(S(C)(=O)=O)ccc3C)nc2s1. The molecule has 0 aliphatic carbocycles. The minimum absolute atomic E-state index is 0.234. The van der Waals surface area contributed by atoms with Gasteiger partial charge in [0.2, 0.25) is 4.96 Å². The Balaban J connectivity index is 1.90. The van der Waals surface area contributed by atoms with Gasteiger partial charge < -0.3 is 5.32 Å². The number of hydrogen-bond acceptors (Lipinski definition) is 7. The molecular formula is C15H16N4O3S2. The van der Waals surface area contributed by atoms with E-state index in [1.54, 1.807) is 18.2 Å². The normalized spacial score (nSPS) is 11.8. The Kier molecular flexibility index (Phi) is 4.14. The maximum atomic E-state index is 12.0. The molecule has 1 aromatic carbocycles. The summed E-state index contributed by atoms with van der Waals surface area (Å²) >= 11 is 1.34. The highest BCUT2D eigenvalue weighted by atomic mass is 32.2. The molecule has 126 valence electrons. The van der Waals surface area contributed by atoms with Crippen LogP contribution in [-0.4, -0.2) is 29.3 Å². The lowest BCUT2D eigenvalue weighted by Gasteiger charge is -2.10. The standard InChI is InChI=1S/C15H16N4O3S2/c1-9-4-5-12(24(3,21)22)7-13(9)16-8-11-6-14(20)19-15(17-11)23-10(2)18-19/h4-7,16H,8H2,1-3H3. The van der Waals surface area contributed by atoms with Crippen LogP contribution < -0.4 is 10.9 Å². The first kappa shape index (κ1) is 16.6.